The van der Waals surface area contributed by atoms with Crippen LogP contribution in [0.5, 0.6) is 0 Å². The highest BCUT2D eigenvalue weighted by molar-refractivity contribution is 7.09. The van der Waals surface area contributed by atoms with E-state index in [0.717, 1.165) is 23.1 Å². The minimum Gasteiger partial charge on any atom is -0.343 e. The third-order valence-electron chi connectivity index (χ3n) is 3.52. The quantitative estimate of drug-likeness (QED) is 0.849. The van der Waals surface area contributed by atoms with Crippen LogP contribution in [0, 0.1) is 18.6 Å². The van der Waals surface area contributed by atoms with Gasteiger partial charge in [0.1, 0.15) is 5.82 Å². The molecular formula is C14H14F2N4OS. The fraction of sp³-hybridized carbons (Fsp3) is 0.357. The van der Waals surface area contributed by atoms with Crippen LogP contribution in [0.2, 0.25) is 0 Å². The number of benzene rings is 1. The van der Waals surface area contributed by atoms with Crippen molar-refractivity contribution in [3.05, 3.63) is 41.2 Å². The number of aromatic nitrogens is 2. The molecule has 0 spiro atoms. The fourth-order valence-corrected chi connectivity index (χ4v) is 3.05. The lowest BCUT2D eigenvalue weighted by atomic mass is 10.1. The Morgan fingerprint density at radius 3 is 2.50 bits per heavy atom. The molecule has 5 nitrogen and oxygen atoms in total. The Labute approximate surface area is 130 Å². The molecule has 1 aromatic heterocycles. The number of rotatable bonds is 2. The van der Waals surface area contributed by atoms with E-state index in [1.807, 2.05) is 6.92 Å². The first-order chi connectivity index (χ1) is 10.5. The molecule has 1 fully saturated rings. The van der Waals surface area contributed by atoms with Crippen LogP contribution >= 0.6 is 11.5 Å². The summed E-state index contributed by atoms with van der Waals surface area (Å²) in [6.45, 7) is 4.14. The molecule has 0 aliphatic carbocycles. The lowest BCUT2D eigenvalue weighted by Crippen LogP contribution is -2.48. The van der Waals surface area contributed by atoms with Gasteiger partial charge in [-0.25, -0.2) is 13.8 Å². The molecular weight excluding hydrogens is 310 g/mol. The molecule has 0 atom stereocenters. The fourth-order valence-electron chi connectivity index (χ4n) is 2.33. The van der Waals surface area contributed by atoms with Gasteiger partial charge in [0.15, 0.2) is 11.6 Å². The van der Waals surface area contributed by atoms with E-state index in [4.69, 9.17) is 0 Å². The van der Waals surface area contributed by atoms with Crippen molar-refractivity contribution in [1.82, 2.24) is 14.3 Å². The molecule has 0 saturated carbocycles. The Hall–Kier alpha value is -2.09. The van der Waals surface area contributed by atoms with Gasteiger partial charge in [-0.3, -0.25) is 4.79 Å². The van der Waals surface area contributed by atoms with E-state index >= 15 is 0 Å². The average molecular weight is 324 g/mol. The van der Waals surface area contributed by atoms with E-state index in [0.29, 0.717) is 26.2 Å². The van der Waals surface area contributed by atoms with E-state index in [9.17, 15) is 13.6 Å². The summed E-state index contributed by atoms with van der Waals surface area (Å²) in [5.74, 6) is -1.51. The average Bonchev–Trinajstić information content (AvgIpc) is 2.96. The third-order valence-corrected chi connectivity index (χ3v) is 4.39. The highest BCUT2D eigenvalue weighted by atomic mass is 32.1. The second-order valence-electron chi connectivity index (χ2n) is 5.03. The second kappa shape index (κ2) is 5.96. The van der Waals surface area contributed by atoms with Crippen molar-refractivity contribution in [2.24, 2.45) is 0 Å². The maximum Gasteiger partial charge on any atom is 0.254 e. The maximum atomic E-state index is 13.2. The summed E-state index contributed by atoms with van der Waals surface area (Å²) in [5, 5.41) is 0.845. The van der Waals surface area contributed by atoms with Crippen molar-refractivity contribution in [3.63, 3.8) is 0 Å². The zero-order valence-corrected chi connectivity index (χ0v) is 12.7. The molecule has 1 saturated heterocycles. The first-order valence-corrected chi connectivity index (χ1v) is 7.61. The number of aryl methyl sites for hydroxylation is 1. The third kappa shape index (κ3) is 2.92. The van der Waals surface area contributed by atoms with Crippen molar-refractivity contribution in [2.75, 3.05) is 31.1 Å². The summed E-state index contributed by atoms with van der Waals surface area (Å²) in [5.41, 5.74) is 0.166. The standard InChI is InChI=1S/C14H14F2N4OS/c1-9-17-14(22-18-9)20-6-4-19(5-7-20)13(21)10-2-3-11(15)12(16)8-10/h2-3,8H,4-7H2,1H3. The van der Waals surface area contributed by atoms with E-state index in [-0.39, 0.29) is 11.5 Å². The van der Waals surface area contributed by atoms with Crippen molar-refractivity contribution in [2.45, 2.75) is 6.92 Å². The monoisotopic (exact) mass is 324 g/mol. The zero-order valence-electron chi connectivity index (χ0n) is 11.9. The van der Waals surface area contributed by atoms with Gasteiger partial charge in [0.25, 0.3) is 5.91 Å². The maximum absolute atomic E-state index is 13.2. The summed E-state index contributed by atoms with van der Waals surface area (Å²) in [6, 6.07) is 3.22. The Morgan fingerprint density at radius 2 is 1.91 bits per heavy atom. The minimum atomic E-state index is -1.01. The summed E-state index contributed by atoms with van der Waals surface area (Å²) < 4.78 is 30.3. The predicted octanol–water partition coefficient (Wildman–Crippen LogP) is 2.09. The highest BCUT2D eigenvalue weighted by Crippen LogP contribution is 2.19. The van der Waals surface area contributed by atoms with E-state index in [1.165, 1.54) is 17.6 Å². The Morgan fingerprint density at radius 1 is 1.18 bits per heavy atom. The lowest BCUT2D eigenvalue weighted by Gasteiger charge is -2.34. The van der Waals surface area contributed by atoms with E-state index in [1.54, 1.807) is 4.90 Å². The first kappa shape index (κ1) is 14.8. The zero-order chi connectivity index (χ0) is 15.7. The molecule has 0 radical (unpaired) electrons. The van der Waals surface area contributed by atoms with Gasteiger partial charge in [-0.05, 0) is 25.1 Å². The van der Waals surface area contributed by atoms with Gasteiger partial charge >= 0.3 is 0 Å². The van der Waals surface area contributed by atoms with Crippen molar-refractivity contribution >= 4 is 22.6 Å². The number of carbonyl (C=O) groups excluding carboxylic acids is 1. The number of amides is 1. The normalized spacial score (nSPS) is 15.2. The Kier molecular flexibility index (Phi) is 4.02. The molecule has 1 aromatic carbocycles. The molecule has 2 aromatic rings. The summed E-state index contributed by atoms with van der Waals surface area (Å²) in [7, 11) is 0. The minimum absolute atomic E-state index is 0.166. The molecule has 1 amide bonds. The first-order valence-electron chi connectivity index (χ1n) is 6.84. The molecule has 2 heterocycles. The van der Waals surface area contributed by atoms with Crippen LogP contribution in [0.3, 0.4) is 0 Å². The molecule has 3 rings (SSSR count). The number of nitrogens with zero attached hydrogens (tertiary/aromatic N) is 4. The smallest absolute Gasteiger partial charge is 0.254 e. The number of piperazine rings is 1. The predicted molar refractivity (Wildman–Crippen MR) is 79.1 cm³/mol. The van der Waals surface area contributed by atoms with E-state index in [2.05, 4.69) is 14.3 Å². The van der Waals surface area contributed by atoms with Gasteiger partial charge in [0.05, 0.1) is 0 Å². The number of hydrogen-bond donors (Lipinski definition) is 0. The van der Waals surface area contributed by atoms with Crippen LogP contribution in [-0.4, -0.2) is 46.3 Å². The van der Waals surface area contributed by atoms with Crippen LogP contribution < -0.4 is 4.90 Å². The number of halogens is 2. The number of carbonyl (C=O) groups is 1. The lowest BCUT2D eigenvalue weighted by molar-refractivity contribution is 0.0746. The van der Waals surface area contributed by atoms with Crippen LogP contribution in [0.1, 0.15) is 16.2 Å². The van der Waals surface area contributed by atoms with Gasteiger partial charge in [-0.15, -0.1) is 0 Å². The number of anilines is 1. The molecule has 0 N–H and O–H groups in total. The number of hydrogen-bond acceptors (Lipinski definition) is 5. The van der Waals surface area contributed by atoms with Crippen molar-refractivity contribution in [3.8, 4) is 0 Å². The summed E-state index contributed by atoms with van der Waals surface area (Å²) in [6.07, 6.45) is 0. The van der Waals surface area contributed by atoms with Crippen LogP contribution in [0.25, 0.3) is 0 Å². The van der Waals surface area contributed by atoms with E-state index < -0.39 is 11.6 Å². The highest BCUT2D eigenvalue weighted by Gasteiger charge is 2.24. The second-order valence-corrected chi connectivity index (χ2v) is 5.76. The molecule has 1 aliphatic heterocycles. The van der Waals surface area contributed by atoms with Crippen LogP contribution in [0.4, 0.5) is 13.9 Å². The van der Waals surface area contributed by atoms with Crippen molar-refractivity contribution in [1.29, 1.82) is 0 Å². The Bertz CT molecular complexity index is 698. The van der Waals surface area contributed by atoms with Crippen molar-refractivity contribution < 1.29 is 13.6 Å². The SMILES string of the molecule is Cc1nsc(N2CCN(C(=O)c3ccc(F)c(F)c3)CC2)n1. The molecule has 0 unspecified atom stereocenters. The van der Waals surface area contributed by atoms with Crippen LogP contribution in [-0.2, 0) is 0 Å². The summed E-state index contributed by atoms with van der Waals surface area (Å²) in [4.78, 5) is 20.3. The largest absolute Gasteiger partial charge is 0.343 e. The summed E-state index contributed by atoms with van der Waals surface area (Å²) >= 11 is 1.34. The molecule has 8 heteroatoms. The molecule has 0 bridgehead atoms. The van der Waals surface area contributed by atoms with Gasteiger partial charge < -0.3 is 9.80 Å². The van der Waals surface area contributed by atoms with Crippen LogP contribution in [0.15, 0.2) is 18.2 Å². The topological polar surface area (TPSA) is 49.3 Å². The molecule has 116 valence electrons. The molecule has 22 heavy (non-hydrogen) atoms. The van der Waals surface area contributed by atoms with Gasteiger partial charge in [-0.1, -0.05) is 0 Å². The van der Waals surface area contributed by atoms with Gasteiger partial charge in [0.2, 0.25) is 5.13 Å². The van der Waals surface area contributed by atoms with Gasteiger partial charge in [0, 0.05) is 43.3 Å². The molecule has 1 aliphatic rings. The van der Waals surface area contributed by atoms with Gasteiger partial charge in [-0.2, -0.15) is 4.37 Å². The Balaban J connectivity index is 1.65.